The van der Waals surface area contributed by atoms with Gasteiger partial charge in [-0.3, -0.25) is 0 Å². The predicted octanol–water partition coefficient (Wildman–Crippen LogP) is 3.60. The van der Waals surface area contributed by atoms with E-state index < -0.39 is 0 Å². The maximum absolute atomic E-state index is 6.02. The Labute approximate surface area is 122 Å². The minimum Gasteiger partial charge on any atom is -0.378 e. The largest absolute Gasteiger partial charge is 0.378 e. The van der Waals surface area contributed by atoms with Crippen molar-refractivity contribution in [3.05, 3.63) is 0 Å². The van der Waals surface area contributed by atoms with E-state index in [9.17, 15) is 0 Å². The van der Waals surface area contributed by atoms with Crippen LogP contribution in [0.15, 0.2) is 0 Å². The van der Waals surface area contributed by atoms with Crippen LogP contribution < -0.4 is 5.32 Å². The Balaban J connectivity index is 1.62. The van der Waals surface area contributed by atoms with Gasteiger partial charge in [0, 0.05) is 29.4 Å². The van der Waals surface area contributed by atoms with Gasteiger partial charge in [-0.2, -0.15) is 11.8 Å². The second kappa shape index (κ2) is 5.95. The van der Waals surface area contributed by atoms with Crippen molar-refractivity contribution >= 4 is 11.8 Å². The highest BCUT2D eigenvalue weighted by Gasteiger charge is 2.57. The topological polar surface area (TPSA) is 21.3 Å². The first kappa shape index (κ1) is 14.2. The van der Waals surface area contributed by atoms with Gasteiger partial charge in [-0.25, -0.2) is 0 Å². The fraction of sp³-hybridized carbons (Fsp3) is 1.00. The number of thioether (sulfide) groups is 1. The Morgan fingerprint density at radius 3 is 2.68 bits per heavy atom. The molecule has 0 amide bonds. The quantitative estimate of drug-likeness (QED) is 0.833. The second-order valence-electron chi connectivity index (χ2n) is 6.65. The van der Waals surface area contributed by atoms with E-state index in [0.29, 0.717) is 11.5 Å². The second-order valence-corrected chi connectivity index (χ2v) is 7.73. The number of ether oxygens (including phenoxy) is 1. The van der Waals surface area contributed by atoms with E-state index in [2.05, 4.69) is 30.3 Å². The molecule has 3 aliphatic rings. The number of rotatable bonds is 5. The third kappa shape index (κ3) is 2.47. The molecular formula is C16H29NOS. The van der Waals surface area contributed by atoms with Crippen LogP contribution >= 0.6 is 11.8 Å². The fourth-order valence-corrected chi connectivity index (χ4v) is 5.72. The smallest absolute Gasteiger partial charge is 0.0661 e. The molecule has 2 nitrogen and oxygen atoms in total. The Hall–Kier alpha value is 0.270. The molecule has 3 rings (SSSR count). The molecule has 4 atom stereocenters. The van der Waals surface area contributed by atoms with Crippen molar-refractivity contribution in [2.45, 2.75) is 81.7 Å². The molecule has 19 heavy (non-hydrogen) atoms. The Bertz CT molecular complexity index is 303. The molecule has 0 aliphatic heterocycles. The SMILES string of the molecule is CCOC1CC(NC2CCCC2SC)C12CCCC2. The van der Waals surface area contributed by atoms with Crippen molar-refractivity contribution in [3.63, 3.8) is 0 Å². The molecule has 0 heterocycles. The summed E-state index contributed by atoms with van der Waals surface area (Å²) < 4.78 is 6.02. The van der Waals surface area contributed by atoms with Crippen LogP contribution in [0.5, 0.6) is 0 Å². The molecule has 0 aromatic heterocycles. The van der Waals surface area contributed by atoms with Crippen molar-refractivity contribution in [2.24, 2.45) is 5.41 Å². The molecular weight excluding hydrogens is 254 g/mol. The van der Waals surface area contributed by atoms with Crippen LogP contribution in [0.2, 0.25) is 0 Å². The van der Waals surface area contributed by atoms with Gasteiger partial charge in [0.15, 0.2) is 0 Å². The molecule has 110 valence electrons. The van der Waals surface area contributed by atoms with Gasteiger partial charge in [-0.15, -0.1) is 0 Å². The summed E-state index contributed by atoms with van der Waals surface area (Å²) in [5, 5.41) is 4.89. The number of hydrogen-bond donors (Lipinski definition) is 1. The average Bonchev–Trinajstić information content (AvgIpc) is 3.07. The predicted molar refractivity (Wildman–Crippen MR) is 82.8 cm³/mol. The lowest BCUT2D eigenvalue weighted by Crippen LogP contribution is -2.64. The van der Waals surface area contributed by atoms with Crippen LogP contribution in [-0.2, 0) is 4.74 Å². The van der Waals surface area contributed by atoms with Crippen LogP contribution in [0.4, 0.5) is 0 Å². The zero-order valence-corrected chi connectivity index (χ0v) is 13.3. The molecule has 1 spiro atoms. The molecule has 3 saturated carbocycles. The average molecular weight is 283 g/mol. The van der Waals surface area contributed by atoms with Crippen LogP contribution in [0, 0.1) is 5.41 Å². The number of hydrogen-bond acceptors (Lipinski definition) is 3. The van der Waals surface area contributed by atoms with E-state index in [1.807, 2.05) is 0 Å². The normalized spacial score (nSPS) is 40.7. The highest BCUT2D eigenvalue weighted by Crippen LogP contribution is 2.55. The third-order valence-corrected chi connectivity index (χ3v) is 7.03. The first-order chi connectivity index (χ1) is 9.30. The molecule has 0 aromatic rings. The number of nitrogens with one attached hydrogen (secondary N) is 1. The van der Waals surface area contributed by atoms with Gasteiger partial charge in [-0.1, -0.05) is 19.3 Å². The van der Waals surface area contributed by atoms with Gasteiger partial charge in [0.2, 0.25) is 0 Å². The van der Waals surface area contributed by atoms with Crippen molar-refractivity contribution in [3.8, 4) is 0 Å². The van der Waals surface area contributed by atoms with Crippen molar-refractivity contribution in [1.29, 1.82) is 0 Å². The van der Waals surface area contributed by atoms with Crippen LogP contribution in [0.25, 0.3) is 0 Å². The lowest BCUT2D eigenvalue weighted by molar-refractivity contribution is -0.132. The van der Waals surface area contributed by atoms with Gasteiger partial charge in [0.05, 0.1) is 6.10 Å². The first-order valence-electron chi connectivity index (χ1n) is 8.20. The summed E-state index contributed by atoms with van der Waals surface area (Å²) in [7, 11) is 0. The highest BCUT2D eigenvalue weighted by molar-refractivity contribution is 7.99. The fourth-order valence-electron chi connectivity index (χ4n) is 4.78. The van der Waals surface area contributed by atoms with Gasteiger partial charge in [0.1, 0.15) is 0 Å². The molecule has 3 aliphatic carbocycles. The Morgan fingerprint density at radius 1 is 1.21 bits per heavy atom. The van der Waals surface area contributed by atoms with Gasteiger partial charge < -0.3 is 10.1 Å². The lowest BCUT2D eigenvalue weighted by atomic mass is 9.60. The lowest BCUT2D eigenvalue weighted by Gasteiger charge is -2.55. The van der Waals surface area contributed by atoms with E-state index in [1.165, 1.54) is 51.4 Å². The zero-order valence-electron chi connectivity index (χ0n) is 12.5. The van der Waals surface area contributed by atoms with Gasteiger partial charge >= 0.3 is 0 Å². The minimum atomic E-state index is 0.502. The molecule has 3 heteroatoms. The van der Waals surface area contributed by atoms with E-state index in [-0.39, 0.29) is 0 Å². The maximum atomic E-state index is 6.02. The standard InChI is InChI=1S/C16H29NOS/c1-3-18-15-11-14(16(15)9-4-5-10-16)17-12-7-6-8-13(12)19-2/h12-15,17H,3-11H2,1-2H3. The zero-order chi connectivity index (χ0) is 13.3. The van der Waals surface area contributed by atoms with Crippen LogP contribution in [0.1, 0.15) is 58.3 Å². The monoisotopic (exact) mass is 283 g/mol. The summed E-state index contributed by atoms with van der Waals surface area (Å²) in [4.78, 5) is 0. The summed E-state index contributed by atoms with van der Waals surface area (Å²) in [5.74, 6) is 0. The van der Waals surface area contributed by atoms with Crippen LogP contribution in [-0.4, -0.2) is 36.3 Å². The first-order valence-corrected chi connectivity index (χ1v) is 9.49. The summed E-state index contributed by atoms with van der Waals surface area (Å²) in [6.45, 7) is 3.03. The highest BCUT2D eigenvalue weighted by atomic mass is 32.2. The molecule has 3 fully saturated rings. The molecule has 1 N–H and O–H groups in total. The van der Waals surface area contributed by atoms with E-state index in [4.69, 9.17) is 4.74 Å². The van der Waals surface area contributed by atoms with E-state index in [0.717, 1.165) is 23.9 Å². The summed E-state index contributed by atoms with van der Waals surface area (Å²) >= 11 is 2.07. The summed E-state index contributed by atoms with van der Waals surface area (Å²) in [6, 6.07) is 1.50. The molecule has 0 radical (unpaired) electrons. The van der Waals surface area contributed by atoms with E-state index in [1.54, 1.807) is 0 Å². The molecule has 4 unspecified atom stereocenters. The summed E-state index contributed by atoms with van der Waals surface area (Å²) in [6.07, 6.45) is 13.9. The molecule has 0 saturated heterocycles. The molecule has 0 bridgehead atoms. The Morgan fingerprint density at radius 2 is 2.00 bits per heavy atom. The Kier molecular flexibility index (Phi) is 4.45. The van der Waals surface area contributed by atoms with Crippen molar-refractivity contribution in [2.75, 3.05) is 12.9 Å². The van der Waals surface area contributed by atoms with Crippen LogP contribution in [0.3, 0.4) is 0 Å². The van der Waals surface area contributed by atoms with Gasteiger partial charge in [0.25, 0.3) is 0 Å². The van der Waals surface area contributed by atoms with Crippen molar-refractivity contribution in [1.82, 2.24) is 5.32 Å². The van der Waals surface area contributed by atoms with Crippen molar-refractivity contribution < 1.29 is 4.74 Å². The minimum absolute atomic E-state index is 0.502. The van der Waals surface area contributed by atoms with Gasteiger partial charge in [-0.05, 0) is 45.3 Å². The third-order valence-electron chi connectivity index (χ3n) is 5.86. The van der Waals surface area contributed by atoms with E-state index >= 15 is 0 Å². The summed E-state index contributed by atoms with van der Waals surface area (Å²) in [5.41, 5.74) is 0.502. The molecule has 0 aromatic carbocycles. The maximum Gasteiger partial charge on any atom is 0.0661 e.